The van der Waals surface area contributed by atoms with E-state index in [0.29, 0.717) is 10.6 Å². The van der Waals surface area contributed by atoms with E-state index in [1.165, 1.54) is 24.3 Å². The second kappa shape index (κ2) is 13.2. The molecule has 2 atom stereocenters. The maximum absolute atomic E-state index is 13.8. The average molecular weight is 675 g/mol. The van der Waals surface area contributed by atoms with E-state index in [1.54, 1.807) is 47.7 Å². The second-order valence-corrected chi connectivity index (χ2v) is 14.0. The lowest BCUT2D eigenvalue weighted by molar-refractivity contribution is -0.155. The topological polar surface area (TPSA) is 201 Å². The number of piperidine rings is 1. The van der Waals surface area contributed by atoms with Gasteiger partial charge in [0.25, 0.3) is 11.8 Å². The molecule has 2 aromatic carbocycles. The first-order valence-electron chi connectivity index (χ1n) is 14.3. The minimum atomic E-state index is -4.61. The zero-order valence-corrected chi connectivity index (χ0v) is 27.4. The highest BCUT2D eigenvalue weighted by molar-refractivity contribution is 7.89. The van der Waals surface area contributed by atoms with Gasteiger partial charge in [0.1, 0.15) is 6.04 Å². The molecule has 3 aromatic rings. The van der Waals surface area contributed by atoms with Crippen LogP contribution in [0.3, 0.4) is 0 Å². The molecule has 1 aliphatic heterocycles. The smallest absolute Gasteiger partial charge is 0.358 e. The molecule has 1 fully saturated rings. The molecule has 0 bridgehead atoms. The van der Waals surface area contributed by atoms with E-state index in [1.807, 2.05) is 13.8 Å². The molecule has 0 unspecified atom stereocenters. The molecule has 0 saturated carbocycles. The number of likely N-dealkylation sites (tertiary alicyclic amines) is 1. The lowest BCUT2D eigenvalue weighted by Crippen LogP contribution is -2.60. The van der Waals surface area contributed by atoms with Crippen LogP contribution in [0.4, 0.5) is 6.01 Å². The molecular formula is C30H35ClN6O8S. The van der Waals surface area contributed by atoms with Crippen molar-refractivity contribution in [3.8, 4) is 0 Å². The summed E-state index contributed by atoms with van der Waals surface area (Å²) in [6.45, 7) is 8.94. The zero-order chi connectivity index (χ0) is 34.0. The normalized spacial score (nSPS) is 18.5. The number of aliphatic hydroxyl groups is 1. The van der Waals surface area contributed by atoms with E-state index in [-0.39, 0.29) is 42.5 Å². The summed E-state index contributed by atoms with van der Waals surface area (Å²) in [5.74, 6) is -2.96. The van der Waals surface area contributed by atoms with Crippen LogP contribution in [0.15, 0.2) is 58.2 Å². The summed E-state index contributed by atoms with van der Waals surface area (Å²) in [6, 6.07) is 10.8. The van der Waals surface area contributed by atoms with E-state index >= 15 is 0 Å². The summed E-state index contributed by atoms with van der Waals surface area (Å²) in [4.78, 5) is 52.6. The first-order chi connectivity index (χ1) is 21.4. The number of benzene rings is 2. The molecule has 0 radical (unpaired) electrons. The van der Waals surface area contributed by atoms with Crippen LogP contribution in [0.25, 0.3) is 0 Å². The van der Waals surface area contributed by atoms with Crippen LogP contribution in [0.1, 0.15) is 67.3 Å². The second-order valence-electron chi connectivity index (χ2n) is 12.0. The number of halogens is 1. The Hall–Kier alpha value is -4.34. The minimum Gasteiger partial charge on any atom is -0.393 e. The molecule has 0 spiro atoms. The zero-order valence-electron chi connectivity index (χ0n) is 25.8. The third-order valence-electron chi connectivity index (χ3n) is 7.84. The fourth-order valence-electron chi connectivity index (χ4n) is 5.25. The monoisotopic (exact) mass is 674 g/mol. The highest BCUT2D eigenvalue weighted by Gasteiger charge is 2.50. The Bertz CT molecular complexity index is 1760. The van der Waals surface area contributed by atoms with Crippen molar-refractivity contribution in [3.05, 3.63) is 70.2 Å². The average Bonchev–Trinajstić information content (AvgIpc) is 3.46. The van der Waals surface area contributed by atoms with Crippen LogP contribution in [-0.2, 0) is 25.2 Å². The molecule has 14 nitrogen and oxygen atoms in total. The molecule has 4 N–H and O–H groups in total. The Balaban J connectivity index is 1.45. The number of amides is 4. The Morgan fingerprint density at radius 2 is 1.65 bits per heavy atom. The molecule has 16 heteroatoms. The summed E-state index contributed by atoms with van der Waals surface area (Å²) in [7, 11) is -4.61. The van der Waals surface area contributed by atoms with Crippen LogP contribution in [-0.4, -0.2) is 71.4 Å². The lowest BCUT2D eigenvalue weighted by atomic mass is 9.66. The van der Waals surface area contributed by atoms with Gasteiger partial charge in [-0.2, -0.15) is 8.42 Å². The Morgan fingerprint density at radius 3 is 2.24 bits per heavy atom. The van der Waals surface area contributed by atoms with Crippen LogP contribution >= 0.6 is 11.6 Å². The number of hydrogen-bond acceptors (Lipinski definition) is 10. The van der Waals surface area contributed by atoms with Gasteiger partial charge in [0.05, 0.1) is 5.60 Å². The van der Waals surface area contributed by atoms with Crippen LogP contribution in [0, 0.1) is 11.3 Å². The fraction of sp³-hybridized carbons (Fsp3) is 0.400. The number of nitrogens with one attached hydrogen (secondary N) is 3. The Morgan fingerprint density at radius 1 is 1.02 bits per heavy atom. The van der Waals surface area contributed by atoms with Gasteiger partial charge >= 0.3 is 21.3 Å². The molecular weight excluding hydrogens is 640 g/mol. The first-order valence-corrected chi connectivity index (χ1v) is 16.2. The van der Waals surface area contributed by atoms with Crippen molar-refractivity contribution in [2.24, 2.45) is 11.3 Å². The molecule has 246 valence electrons. The molecule has 0 aliphatic carbocycles. The predicted octanol–water partition coefficient (Wildman–Crippen LogP) is 2.70. The standard InChI is InChI=1S/C30H35ClN6O8S/c1-17(2)23(26(41)37-14-13-30(42,29(4,5)16-37)21-9-11-22(31)12-10-21)33-24(39)19-7-6-8-20(15-19)25(40)36-46(43,44)28-35-34-27(45-28)32-18(3)38/h6-12,15,17,23,42H,13-14,16H2,1-5H3,(H,33,39)(H,36,40)(H,32,34,38)/t23-,30+/m1/s1. The minimum absolute atomic E-state index is 0.00493. The van der Waals surface area contributed by atoms with E-state index in [2.05, 4.69) is 20.8 Å². The number of nitrogens with zero attached hydrogens (tertiary/aromatic N) is 3. The number of anilines is 1. The van der Waals surface area contributed by atoms with E-state index in [4.69, 9.17) is 16.0 Å². The molecule has 46 heavy (non-hydrogen) atoms. The number of carbonyl (C=O) groups excluding carboxylic acids is 4. The number of sulfonamides is 1. The van der Waals surface area contributed by atoms with Crippen molar-refractivity contribution in [2.75, 3.05) is 18.4 Å². The lowest BCUT2D eigenvalue weighted by Gasteiger charge is -2.51. The van der Waals surface area contributed by atoms with Crippen LogP contribution < -0.4 is 15.4 Å². The van der Waals surface area contributed by atoms with Gasteiger partial charge in [-0.1, -0.05) is 67.7 Å². The van der Waals surface area contributed by atoms with Gasteiger partial charge in [0, 0.05) is 41.6 Å². The summed E-state index contributed by atoms with van der Waals surface area (Å²) >= 11 is 6.04. The van der Waals surface area contributed by atoms with Crippen molar-refractivity contribution >= 4 is 51.3 Å². The van der Waals surface area contributed by atoms with Gasteiger partial charge in [-0.15, -0.1) is 0 Å². The van der Waals surface area contributed by atoms with Gasteiger partial charge in [-0.3, -0.25) is 24.5 Å². The van der Waals surface area contributed by atoms with Gasteiger partial charge < -0.3 is 19.7 Å². The molecule has 1 aliphatic rings. The quantitative estimate of drug-likeness (QED) is 0.261. The third kappa shape index (κ3) is 7.37. The molecule has 2 heterocycles. The summed E-state index contributed by atoms with van der Waals surface area (Å²) in [5.41, 5.74) is -1.42. The number of hydrogen-bond donors (Lipinski definition) is 4. The van der Waals surface area contributed by atoms with Crippen molar-refractivity contribution in [1.82, 2.24) is 25.1 Å². The van der Waals surface area contributed by atoms with Gasteiger partial charge in [0.15, 0.2) is 0 Å². The number of aromatic nitrogens is 2. The third-order valence-corrected chi connectivity index (χ3v) is 9.17. The highest BCUT2D eigenvalue weighted by atomic mass is 35.5. The summed E-state index contributed by atoms with van der Waals surface area (Å²) in [6.07, 6.45) is 0.268. The molecule has 4 amide bonds. The summed E-state index contributed by atoms with van der Waals surface area (Å²) < 4.78 is 31.8. The molecule has 1 saturated heterocycles. The van der Waals surface area contributed by atoms with E-state index < -0.39 is 56.0 Å². The summed E-state index contributed by atoms with van der Waals surface area (Å²) in [5, 5.41) is 22.9. The van der Waals surface area contributed by atoms with E-state index in [9.17, 15) is 32.7 Å². The van der Waals surface area contributed by atoms with Gasteiger partial charge in [0.2, 0.25) is 11.8 Å². The van der Waals surface area contributed by atoms with Crippen molar-refractivity contribution in [3.63, 3.8) is 0 Å². The van der Waals surface area contributed by atoms with Crippen molar-refractivity contribution in [1.29, 1.82) is 0 Å². The van der Waals surface area contributed by atoms with Crippen molar-refractivity contribution < 1.29 is 37.1 Å². The fourth-order valence-corrected chi connectivity index (χ4v) is 6.16. The largest absolute Gasteiger partial charge is 0.393 e. The van der Waals surface area contributed by atoms with Crippen LogP contribution in [0.5, 0.6) is 0 Å². The Kier molecular flexibility index (Phi) is 9.89. The Labute approximate surface area is 270 Å². The van der Waals surface area contributed by atoms with E-state index in [0.717, 1.165) is 6.92 Å². The first kappa shape index (κ1) is 34.5. The number of rotatable bonds is 9. The van der Waals surface area contributed by atoms with Gasteiger partial charge in [-0.05, 0) is 48.2 Å². The number of carbonyl (C=O) groups is 4. The highest BCUT2D eigenvalue weighted by Crippen LogP contribution is 2.46. The maximum atomic E-state index is 13.8. The van der Waals surface area contributed by atoms with Gasteiger partial charge in [-0.25, -0.2) is 4.72 Å². The maximum Gasteiger partial charge on any atom is 0.358 e. The molecule has 1 aromatic heterocycles. The predicted molar refractivity (Wildman–Crippen MR) is 166 cm³/mol. The van der Waals surface area contributed by atoms with Crippen LogP contribution in [0.2, 0.25) is 5.02 Å². The van der Waals surface area contributed by atoms with Crippen molar-refractivity contribution in [2.45, 2.75) is 57.9 Å². The molecule has 4 rings (SSSR count). The SMILES string of the molecule is CC(=O)Nc1nnc(S(=O)(=O)NC(=O)c2cccc(C(=O)N[C@@H](C(=O)N3CC[C@](O)(c4ccc(Cl)cc4)C(C)(C)C3)C(C)C)c2)o1.